The molecule has 1 aliphatic carbocycles. The van der Waals surface area contributed by atoms with Crippen LogP contribution >= 0.6 is 0 Å². The summed E-state index contributed by atoms with van der Waals surface area (Å²) in [4.78, 5) is 0. The zero-order chi connectivity index (χ0) is 13.0. The van der Waals surface area contributed by atoms with Gasteiger partial charge in [0, 0.05) is 13.2 Å². The summed E-state index contributed by atoms with van der Waals surface area (Å²) < 4.78 is 17.2. The van der Waals surface area contributed by atoms with Gasteiger partial charge in [0.2, 0.25) is 0 Å². The molecule has 3 nitrogen and oxygen atoms in total. The van der Waals surface area contributed by atoms with Gasteiger partial charge in [0.05, 0.1) is 22.5 Å². The fourth-order valence-electron chi connectivity index (χ4n) is 3.26. The second-order valence-corrected chi connectivity index (χ2v) is 7.31. The minimum absolute atomic E-state index is 0.239. The first-order chi connectivity index (χ1) is 8.67. The predicted molar refractivity (Wildman–Crippen MR) is 75.8 cm³/mol. The summed E-state index contributed by atoms with van der Waals surface area (Å²) in [6.45, 7) is 5.61. The average molecular weight is 272 g/mol. The van der Waals surface area contributed by atoms with Crippen LogP contribution in [0.15, 0.2) is 0 Å². The van der Waals surface area contributed by atoms with E-state index >= 15 is 0 Å². The van der Waals surface area contributed by atoms with E-state index in [9.17, 15) is 0 Å². The fourth-order valence-corrected chi connectivity index (χ4v) is 4.19. The molecule has 2 rings (SSSR count). The van der Waals surface area contributed by atoms with Gasteiger partial charge in [0.1, 0.15) is 5.41 Å². The van der Waals surface area contributed by atoms with Crippen molar-refractivity contribution in [2.45, 2.75) is 70.0 Å². The molecule has 0 aromatic heterocycles. The molecule has 0 aromatic rings. The van der Waals surface area contributed by atoms with E-state index < -0.39 is 0 Å². The lowest BCUT2D eigenvalue weighted by molar-refractivity contribution is -0.177. The molecule has 0 N–H and O–H groups in total. The first kappa shape index (κ1) is 14.5. The number of rotatable bonds is 8. The van der Waals surface area contributed by atoms with Gasteiger partial charge < -0.3 is 14.2 Å². The molecule has 1 saturated heterocycles. The van der Waals surface area contributed by atoms with Crippen LogP contribution in [0.1, 0.15) is 52.4 Å². The molecule has 0 spiro atoms. The average Bonchev–Trinajstić information content (AvgIpc) is 3.08. The highest BCUT2D eigenvalue weighted by atomic mass is 28.1. The molecule has 2 aliphatic rings. The molecule has 0 radical (unpaired) electrons. The molecule has 1 aliphatic heterocycles. The molecule has 1 heterocycles. The third-order valence-electron chi connectivity index (χ3n) is 4.26. The Bertz CT molecular complexity index is 253. The Labute approximate surface area is 114 Å². The number of hydrogen-bond acceptors (Lipinski definition) is 3. The van der Waals surface area contributed by atoms with E-state index in [1.807, 2.05) is 0 Å². The van der Waals surface area contributed by atoms with E-state index in [1.165, 1.54) is 32.1 Å². The lowest BCUT2D eigenvalue weighted by Gasteiger charge is -2.30. The summed E-state index contributed by atoms with van der Waals surface area (Å²) >= 11 is 0. The van der Waals surface area contributed by atoms with Crippen molar-refractivity contribution in [3.63, 3.8) is 0 Å². The lowest BCUT2D eigenvalue weighted by Crippen LogP contribution is -2.36. The summed E-state index contributed by atoms with van der Waals surface area (Å²) in [7, 11) is 0.951. The Morgan fingerprint density at radius 3 is 2.50 bits per heavy atom. The van der Waals surface area contributed by atoms with Crippen molar-refractivity contribution in [2.24, 2.45) is 5.92 Å². The SMILES string of the molecule is CCOC([SiH3])(CCCC1CCC2OC2C1)OCC. The van der Waals surface area contributed by atoms with Gasteiger partial charge in [-0.05, 0) is 51.9 Å². The molecule has 106 valence electrons. The molecule has 0 bridgehead atoms. The van der Waals surface area contributed by atoms with Crippen molar-refractivity contribution in [1.29, 1.82) is 0 Å². The van der Waals surface area contributed by atoms with Gasteiger partial charge in [0.15, 0.2) is 0 Å². The van der Waals surface area contributed by atoms with Gasteiger partial charge in [-0.15, -0.1) is 0 Å². The highest BCUT2D eigenvalue weighted by molar-refractivity contribution is 6.13. The molecule has 2 fully saturated rings. The quantitative estimate of drug-likeness (QED) is 0.384. The number of ether oxygens (including phenoxy) is 3. The van der Waals surface area contributed by atoms with Crippen LogP contribution in [0.5, 0.6) is 0 Å². The molecule has 0 amide bonds. The molecule has 4 heteroatoms. The van der Waals surface area contributed by atoms with E-state index in [0.29, 0.717) is 12.2 Å². The third-order valence-corrected chi connectivity index (χ3v) is 5.33. The maximum atomic E-state index is 5.80. The van der Waals surface area contributed by atoms with Crippen LogP contribution in [0.3, 0.4) is 0 Å². The van der Waals surface area contributed by atoms with Crippen LogP contribution in [-0.2, 0) is 14.2 Å². The summed E-state index contributed by atoms with van der Waals surface area (Å²) in [6, 6.07) is 0. The molecule has 3 atom stereocenters. The minimum Gasteiger partial charge on any atom is -0.370 e. The zero-order valence-corrected chi connectivity index (χ0v) is 14.1. The van der Waals surface area contributed by atoms with Crippen LogP contribution in [0.4, 0.5) is 0 Å². The topological polar surface area (TPSA) is 31.0 Å². The molecular formula is C14H28O3Si. The number of fused-ring (bicyclic) bond motifs is 1. The minimum atomic E-state index is -0.239. The van der Waals surface area contributed by atoms with Gasteiger partial charge in [0.25, 0.3) is 0 Å². The highest BCUT2D eigenvalue weighted by Crippen LogP contribution is 2.41. The summed E-state index contributed by atoms with van der Waals surface area (Å²) in [5.74, 6) is 0.878. The maximum absolute atomic E-state index is 5.80. The Morgan fingerprint density at radius 1 is 1.17 bits per heavy atom. The van der Waals surface area contributed by atoms with Gasteiger partial charge in [-0.25, -0.2) is 0 Å². The summed E-state index contributed by atoms with van der Waals surface area (Å²) in [5.41, 5.74) is -0.239. The maximum Gasteiger partial charge on any atom is 0.141 e. The van der Waals surface area contributed by atoms with Crippen molar-refractivity contribution >= 4 is 10.2 Å². The highest BCUT2D eigenvalue weighted by Gasteiger charge is 2.43. The van der Waals surface area contributed by atoms with Crippen LogP contribution in [0.25, 0.3) is 0 Å². The van der Waals surface area contributed by atoms with Crippen molar-refractivity contribution in [3.05, 3.63) is 0 Å². The molecule has 18 heavy (non-hydrogen) atoms. The summed E-state index contributed by atoms with van der Waals surface area (Å²) in [5, 5.41) is 0. The molecule has 1 saturated carbocycles. The van der Waals surface area contributed by atoms with Crippen LogP contribution in [0.2, 0.25) is 0 Å². The van der Waals surface area contributed by atoms with Crippen molar-refractivity contribution < 1.29 is 14.2 Å². The lowest BCUT2D eigenvalue weighted by atomic mass is 9.86. The zero-order valence-electron chi connectivity index (χ0n) is 12.1. The molecule has 3 unspecified atom stereocenters. The Balaban J connectivity index is 1.65. The van der Waals surface area contributed by atoms with E-state index in [4.69, 9.17) is 14.2 Å². The Morgan fingerprint density at radius 2 is 1.89 bits per heavy atom. The second kappa shape index (κ2) is 6.50. The van der Waals surface area contributed by atoms with E-state index in [1.54, 1.807) is 0 Å². The Kier molecular flexibility index (Phi) is 5.24. The Hall–Kier alpha value is 0.0969. The first-order valence-corrected chi connectivity index (χ1v) is 8.60. The van der Waals surface area contributed by atoms with Gasteiger partial charge in [-0.1, -0.05) is 6.42 Å². The predicted octanol–water partition coefficient (Wildman–Crippen LogP) is 1.82. The monoisotopic (exact) mass is 272 g/mol. The fraction of sp³-hybridized carbons (Fsp3) is 1.00. The first-order valence-electron chi connectivity index (χ1n) is 7.60. The van der Waals surface area contributed by atoms with Crippen LogP contribution in [-0.4, -0.2) is 41.1 Å². The molecule has 0 aromatic carbocycles. The third kappa shape index (κ3) is 4.05. The second-order valence-electron chi connectivity index (χ2n) is 5.78. The van der Waals surface area contributed by atoms with Crippen molar-refractivity contribution in [2.75, 3.05) is 13.2 Å². The smallest absolute Gasteiger partial charge is 0.141 e. The number of hydrogen-bond donors (Lipinski definition) is 0. The van der Waals surface area contributed by atoms with E-state index in [0.717, 1.165) is 35.8 Å². The van der Waals surface area contributed by atoms with E-state index in [2.05, 4.69) is 13.8 Å². The van der Waals surface area contributed by atoms with Crippen molar-refractivity contribution in [3.8, 4) is 0 Å². The van der Waals surface area contributed by atoms with Gasteiger partial charge in [-0.2, -0.15) is 0 Å². The van der Waals surface area contributed by atoms with Gasteiger partial charge in [-0.3, -0.25) is 0 Å². The normalized spacial score (nSPS) is 31.3. The largest absolute Gasteiger partial charge is 0.370 e. The van der Waals surface area contributed by atoms with Crippen LogP contribution in [0, 0.1) is 5.92 Å². The van der Waals surface area contributed by atoms with Gasteiger partial charge >= 0.3 is 0 Å². The number of epoxide rings is 1. The standard InChI is InChI=1S/C14H28O3Si/c1-3-15-14(18,16-4-2)9-5-6-11-7-8-12-13(10-11)17-12/h11-13H,3-10H2,1-2,18H3. The van der Waals surface area contributed by atoms with E-state index in [-0.39, 0.29) is 5.41 Å². The van der Waals surface area contributed by atoms with Crippen LogP contribution < -0.4 is 0 Å². The van der Waals surface area contributed by atoms with Crippen molar-refractivity contribution in [1.82, 2.24) is 0 Å². The molecular weight excluding hydrogens is 244 g/mol. The summed E-state index contributed by atoms with van der Waals surface area (Å²) in [6.07, 6.45) is 8.79.